The van der Waals surface area contributed by atoms with Crippen LogP contribution in [0, 0.1) is 0 Å². The van der Waals surface area contributed by atoms with Crippen molar-refractivity contribution in [2.24, 2.45) is 0 Å². The molecule has 36 nitrogen and oxygen atoms in total. The lowest BCUT2D eigenvalue weighted by molar-refractivity contribution is -0.398. The van der Waals surface area contributed by atoms with Gasteiger partial charge in [-0.05, 0) is 0 Å². The Morgan fingerprint density at radius 2 is 0.372 bits per heavy atom. The summed E-state index contributed by atoms with van der Waals surface area (Å²) in [6, 6.07) is 0. The lowest BCUT2D eigenvalue weighted by Gasteiger charge is -2.50. The lowest BCUT2D eigenvalue weighted by Crippen LogP contribution is -2.68. The Morgan fingerprint density at radius 1 is 0.192 bits per heavy atom. The maximum Gasteiger partial charge on any atom is 0.187 e. The van der Waals surface area contributed by atoms with Crippen molar-refractivity contribution in [1.82, 2.24) is 0 Å². The normalized spacial score (nSPS) is 53.5. The molecule has 36 heteroatoms. The van der Waals surface area contributed by atoms with Gasteiger partial charge >= 0.3 is 0 Å². The zero-order valence-electron chi connectivity index (χ0n) is 40.8. The minimum absolute atomic E-state index is 0.843. The lowest BCUT2D eigenvalue weighted by atomic mass is 9.95. The van der Waals surface area contributed by atoms with Crippen LogP contribution in [0.3, 0.4) is 0 Å². The van der Waals surface area contributed by atoms with E-state index >= 15 is 0 Å². The molecule has 0 spiro atoms. The summed E-state index contributed by atoms with van der Waals surface area (Å²) in [4.78, 5) is 0. The molecule has 0 radical (unpaired) electrons. The fourth-order valence-corrected chi connectivity index (χ4v) is 10.0. The number of aliphatic hydroxyl groups is 23. The van der Waals surface area contributed by atoms with Crippen molar-refractivity contribution in [3.8, 4) is 0 Å². The standard InChI is InChI=1S/C42H72O36/c43-1-8-15(50)16(51)24(59)37(67-8)74-31-10(3-45)69-39(26(61)18(31)53)76-33-12(5-47)71-41(28(63)20(33)55)78-35-14(7-49)72-42(29(64)22(35)57)77-34-13(6-48)70-40(27(62)21(34)56)75-32-11(4-46)68-38(25(60)19(32)54)73-30-9(2-44)66-36(65)23(58)17(30)52/h8-65H,1-7H2/t8-,9-,10-,11-,12-,13-,14-,15-,16+,17-,18-,19-,20-,21-,22-,23-,24-,25-,26-,27-,28-,29-,30-,31-,32-,33-,34-,35-,36-,37-,38-,39-,40-,41+,42-/m1/s1. The maximum absolute atomic E-state index is 11.3. The van der Waals surface area contributed by atoms with Gasteiger partial charge in [-0.2, -0.15) is 0 Å². The van der Waals surface area contributed by atoms with E-state index in [1.54, 1.807) is 0 Å². The Labute approximate surface area is 439 Å². The fraction of sp³-hybridized carbons (Fsp3) is 1.00. The first-order chi connectivity index (χ1) is 37.0. The number of hydrogen-bond acceptors (Lipinski definition) is 36. The number of ether oxygens (including phenoxy) is 13. The third-order valence-corrected chi connectivity index (χ3v) is 14.5. The Morgan fingerprint density at radius 3 is 0.590 bits per heavy atom. The molecule has 0 amide bonds. The summed E-state index contributed by atoms with van der Waals surface area (Å²) in [6.07, 6.45) is -67.4. The molecule has 0 aromatic heterocycles. The van der Waals surface area contributed by atoms with Gasteiger partial charge in [0.25, 0.3) is 0 Å². The molecule has 456 valence electrons. The number of hydrogen-bond donors (Lipinski definition) is 23. The molecular weight excluding hydrogens is 1080 g/mol. The van der Waals surface area contributed by atoms with E-state index in [-0.39, 0.29) is 0 Å². The quantitative estimate of drug-likeness (QED) is 0.0571. The average Bonchev–Trinajstić information content (AvgIpc) is 3.44. The summed E-state index contributed by atoms with van der Waals surface area (Å²) in [6.45, 7) is -6.86. The van der Waals surface area contributed by atoms with Gasteiger partial charge in [0.2, 0.25) is 0 Å². The monoisotopic (exact) mass is 1150 g/mol. The van der Waals surface area contributed by atoms with Gasteiger partial charge in [-0.25, -0.2) is 0 Å². The molecule has 35 atom stereocenters. The molecule has 0 aromatic carbocycles. The highest BCUT2D eigenvalue weighted by molar-refractivity contribution is 5.01. The van der Waals surface area contributed by atoms with Crippen molar-refractivity contribution >= 4 is 0 Å². The van der Waals surface area contributed by atoms with E-state index in [0.29, 0.717) is 0 Å². The number of aliphatic hydroxyl groups excluding tert-OH is 23. The molecule has 7 heterocycles. The third-order valence-electron chi connectivity index (χ3n) is 14.5. The van der Waals surface area contributed by atoms with Crippen LogP contribution in [0.5, 0.6) is 0 Å². The topological polar surface area (TPSA) is 585 Å². The van der Waals surface area contributed by atoms with Crippen LogP contribution in [0.4, 0.5) is 0 Å². The minimum atomic E-state index is -2.23. The summed E-state index contributed by atoms with van der Waals surface area (Å²) < 4.78 is 71.9. The SMILES string of the molecule is OC[C@H]1O[C@H](O[C@H]2[C@H](O)[C@@H](O)[C@@H](O[C@H]3[C@H](O)[C@@H](O)[C@H](O[C@H]4[C@H](O)[C@@H](O)[C@@H](O[C@H]5[C@H](O)[C@@H](O)[C@@H](O[C@H]6[C@H](O)[C@@H](O)[C@@H](O[C@H]7[C@H](O)[C@@H](O)[C@H](O)O[C@@H]7CO)O[C@@H]6CO)O[C@@H]5CO)O[C@@H]4CO)O[C@@H]3CO)O[C@@H]2CO)[C@H](O)[C@@H](O)[C@@H]1O. The van der Waals surface area contributed by atoms with E-state index < -0.39 is 261 Å². The first-order valence-electron chi connectivity index (χ1n) is 24.7. The summed E-state index contributed by atoms with van der Waals surface area (Å²) >= 11 is 0. The van der Waals surface area contributed by atoms with E-state index in [1.807, 2.05) is 0 Å². The molecule has 0 saturated carbocycles. The van der Waals surface area contributed by atoms with Gasteiger partial charge in [0, 0.05) is 0 Å². The molecule has 0 bridgehead atoms. The Bertz CT molecular complexity index is 1810. The van der Waals surface area contributed by atoms with E-state index in [4.69, 9.17) is 61.6 Å². The summed E-state index contributed by atoms with van der Waals surface area (Å²) in [5.74, 6) is 0. The molecule has 0 unspecified atom stereocenters. The van der Waals surface area contributed by atoms with Crippen LogP contribution < -0.4 is 0 Å². The van der Waals surface area contributed by atoms with E-state index in [9.17, 15) is 117 Å². The molecule has 7 fully saturated rings. The fourth-order valence-electron chi connectivity index (χ4n) is 10.0. The van der Waals surface area contributed by atoms with Crippen LogP contribution in [-0.4, -0.2) is 379 Å². The molecule has 7 aliphatic heterocycles. The van der Waals surface area contributed by atoms with Gasteiger partial charge in [0.15, 0.2) is 44.0 Å². The second-order valence-corrected chi connectivity index (χ2v) is 19.6. The zero-order valence-corrected chi connectivity index (χ0v) is 40.8. The van der Waals surface area contributed by atoms with Crippen LogP contribution in [-0.2, 0) is 61.6 Å². The molecule has 7 rings (SSSR count). The molecule has 0 aliphatic carbocycles. The Balaban J connectivity index is 0.947. The second kappa shape index (κ2) is 27.5. The minimum Gasteiger partial charge on any atom is -0.394 e. The summed E-state index contributed by atoms with van der Waals surface area (Å²) in [7, 11) is 0. The van der Waals surface area contributed by atoms with Gasteiger partial charge in [0.05, 0.1) is 46.2 Å². The van der Waals surface area contributed by atoms with Crippen LogP contribution in [0.15, 0.2) is 0 Å². The van der Waals surface area contributed by atoms with Crippen molar-refractivity contribution in [2.45, 2.75) is 215 Å². The van der Waals surface area contributed by atoms with Gasteiger partial charge in [-0.15, -0.1) is 0 Å². The molecule has 78 heavy (non-hydrogen) atoms. The third kappa shape index (κ3) is 12.9. The summed E-state index contributed by atoms with van der Waals surface area (Å²) in [5, 5.41) is 243. The second-order valence-electron chi connectivity index (χ2n) is 19.6. The van der Waals surface area contributed by atoms with Crippen LogP contribution in [0.25, 0.3) is 0 Å². The highest BCUT2D eigenvalue weighted by Gasteiger charge is 2.58. The highest BCUT2D eigenvalue weighted by Crippen LogP contribution is 2.37. The van der Waals surface area contributed by atoms with Crippen LogP contribution >= 0.6 is 0 Å². The maximum atomic E-state index is 11.3. The molecule has 7 aliphatic rings. The van der Waals surface area contributed by atoms with Crippen molar-refractivity contribution in [3.05, 3.63) is 0 Å². The van der Waals surface area contributed by atoms with Gasteiger partial charge in [-0.3, -0.25) is 0 Å². The first-order valence-corrected chi connectivity index (χ1v) is 24.7. The predicted molar refractivity (Wildman–Crippen MR) is 232 cm³/mol. The zero-order chi connectivity index (χ0) is 57.3. The largest absolute Gasteiger partial charge is 0.394 e. The average molecular weight is 1150 g/mol. The predicted octanol–water partition coefficient (Wildman–Crippen LogP) is -16.3. The van der Waals surface area contributed by atoms with Gasteiger partial charge in [0.1, 0.15) is 171 Å². The van der Waals surface area contributed by atoms with Crippen molar-refractivity contribution in [2.75, 3.05) is 46.2 Å². The van der Waals surface area contributed by atoms with Crippen LogP contribution in [0.2, 0.25) is 0 Å². The van der Waals surface area contributed by atoms with Crippen molar-refractivity contribution in [3.63, 3.8) is 0 Å². The Hall–Kier alpha value is -1.44. The van der Waals surface area contributed by atoms with Crippen molar-refractivity contribution < 1.29 is 179 Å². The van der Waals surface area contributed by atoms with Crippen molar-refractivity contribution in [1.29, 1.82) is 0 Å². The smallest absolute Gasteiger partial charge is 0.187 e. The van der Waals surface area contributed by atoms with Crippen LogP contribution in [0.1, 0.15) is 0 Å². The number of rotatable bonds is 19. The molecule has 0 aromatic rings. The first kappa shape index (κ1) is 64.1. The molecular formula is C42H72O36. The Kier molecular flexibility index (Phi) is 22.6. The van der Waals surface area contributed by atoms with E-state index in [2.05, 4.69) is 0 Å². The summed E-state index contributed by atoms with van der Waals surface area (Å²) in [5.41, 5.74) is 0. The van der Waals surface area contributed by atoms with E-state index in [1.165, 1.54) is 0 Å². The van der Waals surface area contributed by atoms with E-state index in [0.717, 1.165) is 0 Å². The van der Waals surface area contributed by atoms with Gasteiger partial charge in [-0.1, -0.05) is 0 Å². The highest BCUT2D eigenvalue weighted by atomic mass is 16.8. The van der Waals surface area contributed by atoms with Gasteiger partial charge < -0.3 is 179 Å². The molecule has 7 saturated heterocycles. The molecule has 23 N–H and O–H groups in total.